The summed E-state index contributed by atoms with van der Waals surface area (Å²) in [6.07, 6.45) is 0. The summed E-state index contributed by atoms with van der Waals surface area (Å²) in [6, 6.07) is 6.42. The lowest BCUT2D eigenvalue weighted by molar-refractivity contribution is -0.384. The van der Waals surface area contributed by atoms with E-state index in [4.69, 9.17) is 0 Å². The molecule has 0 aromatic heterocycles. The molecule has 0 fully saturated rings. The average Bonchev–Trinajstić information content (AvgIpc) is 2.24. The molecule has 0 aliphatic rings. The number of nitrogens with zero attached hydrogens (tertiary/aromatic N) is 1. The third kappa shape index (κ3) is 5.92. The molecule has 0 bridgehead atoms. The molecular formula is C10H15N3O2S2. The van der Waals surface area contributed by atoms with Crippen molar-refractivity contribution in [3.8, 4) is 0 Å². The summed E-state index contributed by atoms with van der Waals surface area (Å²) < 4.78 is 6.26. The van der Waals surface area contributed by atoms with Crippen LogP contribution < -0.4 is 8.85 Å². The molecule has 17 heavy (non-hydrogen) atoms. The van der Waals surface area contributed by atoms with Gasteiger partial charge in [0.2, 0.25) is 0 Å². The van der Waals surface area contributed by atoms with Crippen LogP contribution in [0.15, 0.2) is 29.2 Å². The van der Waals surface area contributed by atoms with Gasteiger partial charge in [-0.15, -0.1) is 0 Å². The number of nitro benzene ring substituents is 1. The minimum Gasteiger partial charge on any atom is -0.258 e. The summed E-state index contributed by atoms with van der Waals surface area (Å²) in [6.45, 7) is 6.20. The van der Waals surface area contributed by atoms with Crippen LogP contribution in [0.5, 0.6) is 0 Å². The zero-order chi connectivity index (χ0) is 12.9. The van der Waals surface area contributed by atoms with E-state index in [2.05, 4.69) is 29.6 Å². The first kappa shape index (κ1) is 14.3. The molecule has 2 N–H and O–H groups in total. The normalized spacial score (nSPS) is 11.5. The van der Waals surface area contributed by atoms with Crippen molar-refractivity contribution in [2.45, 2.75) is 31.2 Å². The quantitative estimate of drug-likeness (QED) is 0.372. The van der Waals surface area contributed by atoms with Crippen LogP contribution in [0, 0.1) is 10.1 Å². The first-order valence-electron chi connectivity index (χ1n) is 4.98. The van der Waals surface area contributed by atoms with Crippen LogP contribution in [0.25, 0.3) is 0 Å². The van der Waals surface area contributed by atoms with Gasteiger partial charge in [0.15, 0.2) is 0 Å². The predicted octanol–water partition coefficient (Wildman–Crippen LogP) is 3.14. The molecule has 0 unspecified atom stereocenters. The number of nitrogens with one attached hydrogen (secondary N) is 2. The lowest BCUT2D eigenvalue weighted by Gasteiger charge is -2.18. The minimum absolute atomic E-state index is 0.0354. The molecule has 7 heteroatoms. The van der Waals surface area contributed by atoms with Crippen LogP contribution in [-0.4, -0.2) is 10.5 Å². The van der Waals surface area contributed by atoms with Gasteiger partial charge in [0.25, 0.3) is 5.69 Å². The van der Waals surface area contributed by atoms with Gasteiger partial charge in [-0.25, -0.2) is 4.72 Å². The van der Waals surface area contributed by atoms with Crippen molar-refractivity contribution in [3.63, 3.8) is 0 Å². The second-order valence-corrected chi connectivity index (χ2v) is 6.14. The monoisotopic (exact) mass is 273 g/mol. The van der Waals surface area contributed by atoms with Gasteiger partial charge in [-0.3, -0.25) is 10.1 Å². The third-order valence-corrected chi connectivity index (χ3v) is 3.49. The maximum absolute atomic E-state index is 10.5. The van der Waals surface area contributed by atoms with Crippen molar-refractivity contribution in [3.05, 3.63) is 34.4 Å². The Balaban J connectivity index is 2.35. The van der Waals surface area contributed by atoms with E-state index in [9.17, 15) is 10.1 Å². The third-order valence-electron chi connectivity index (χ3n) is 1.61. The van der Waals surface area contributed by atoms with E-state index < -0.39 is 4.92 Å². The molecule has 0 saturated heterocycles. The Kier molecular flexibility index (Phi) is 5.26. The summed E-state index contributed by atoms with van der Waals surface area (Å²) >= 11 is 2.80. The number of benzene rings is 1. The first-order chi connectivity index (χ1) is 7.88. The predicted molar refractivity (Wildman–Crippen MR) is 72.6 cm³/mol. The topological polar surface area (TPSA) is 67.2 Å². The molecule has 0 spiro atoms. The van der Waals surface area contributed by atoms with Crippen molar-refractivity contribution in [2.24, 2.45) is 0 Å². The summed E-state index contributed by atoms with van der Waals surface area (Å²) in [5, 5.41) is 10.5. The number of hydrogen-bond donors (Lipinski definition) is 2. The summed E-state index contributed by atoms with van der Waals surface area (Å²) in [4.78, 5) is 11.0. The summed E-state index contributed by atoms with van der Waals surface area (Å²) in [5.41, 5.74) is 0.142. The lowest BCUT2D eigenvalue weighted by atomic mass is 10.1. The van der Waals surface area contributed by atoms with E-state index in [1.54, 1.807) is 12.1 Å². The van der Waals surface area contributed by atoms with Crippen LogP contribution in [0.4, 0.5) is 5.69 Å². The van der Waals surface area contributed by atoms with E-state index in [-0.39, 0.29) is 11.2 Å². The Hall–Kier alpha value is -0.760. The molecule has 5 nitrogen and oxygen atoms in total. The first-order valence-corrected chi connectivity index (χ1v) is 6.61. The highest BCUT2D eigenvalue weighted by Crippen LogP contribution is 2.20. The smallest absolute Gasteiger partial charge is 0.258 e. The van der Waals surface area contributed by atoms with Gasteiger partial charge in [0, 0.05) is 34.7 Å². The van der Waals surface area contributed by atoms with Crippen LogP contribution in [0.2, 0.25) is 0 Å². The highest BCUT2D eigenvalue weighted by atomic mass is 32.2. The fourth-order valence-electron chi connectivity index (χ4n) is 0.879. The molecule has 0 radical (unpaired) electrons. The molecule has 0 atom stereocenters. The summed E-state index contributed by atoms with van der Waals surface area (Å²) in [7, 11) is 0. The zero-order valence-electron chi connectivity index (χ0n) is 9.89. The fraction of sp³-hybridized carbons (Fsp3) is 0.400. The van der Waals surface area contributed by atoms with Gasteiger partial charge < -0.3 is 0 Å². The van der Waals surface area contributed by atoms with Gasteiger partial charge in [0.05, 0.1) is 4.92 Å². The Bertz CT molecular complexity index is 376. The van der Waals surface area contributed by atoms with Gasteiger partial charge in [-0.1, -0.05) is 0 Å². The minimum atomic E-state index is -0.405. The molecule has 0 saturated carbocycles. The van der Waals surface area contributed by atoms with Crippen molar-refractivity contribution in [2.75, 3.05) is 0 Å². The van der Waals surface area contributed by atoms with E-state index in [0.29, 0.717) is 0 Å². The van der Waals surface area contributed by atoms with Gasteiger partial charge in [0.1, 0.15) is 0 Å². The van der Waals surface area contributed by atoms with E-state index in [1.807, 2.05) is 0 Å². The Morgan fingerprint density at radius 2 is 1.82 bits per heavy atom. The van der Waals surface area contributed by atoms with E-state index >= 15 is 0 Å². The Morgan fingerprint density at radius 3 is 2.29 bits per heavy atom. The number of hydrogen-bond acceptors (Lipinski definition) is 6. The summed E-state index contributed by atoms with van der Waals surface area (Å²) in [5.74, 6) is 0. The van der Waals surface area contributed by atoms with E-state index in [0.717, 1.165) is 4.90 Å². The van der Waals surface area contributed by atoms with Crippen LogP contribution in [-0.2, 0) is 0 Å². The van der Waals surface area contributed by atoms with Crippen molar-refractivity contribution in [1.82, 2.24) is 8.85 Å². The highest BCUT2D eigenvalue weighted by Gasteiger charge is 2.08. The zero-order valence-corrected chi connectivity index (χ0v) is 11.5. The molecule has 0 heterocycles. The van der Waals surface area contributed by atoms with Crippen molar-refractivity contribution < 1.29 is 4.92 Å². The second-order valence-electron chi connectivity index (χ2n) is 4.39. The Labute approximate surface area is 109 Å². The van der Waals surface area contributed by atoms with Crippen molar-refractivity contribution in [1.29, 1.82) is 0 Å². The number of nitro groups is 1. The number of non-ortho nitro benzene ring substituents is 1. The lowest BCUT2D eigenvalue weighted by Crippen LogP contribution is -2.31. The standard InChI is InChI=1S/C10H15N3O2S2/c1-10(2,3)11-17-12-16-9-6-4-8(5-7-9)13(14)15/h4-7,11-12H,1-3H3. The molecule has 1 aromatic carbocycles. The van der Waals surface area contributed by atoms with E-state index in [1.165, 1.54) is 36.2 Å². The molecule has 1 aromatic rings. The molecular weight excluding hydrogens is 258 g/mol. The molecule has 0 amide bonds. The molecule has 94 valence electrons. The van der Waals surface area contributed by atoms with Crippen LogP contribution >= 0.6 is 24.1 Å². The van der Waals surface area contributed by atoms with Crippen molar-refractivity contribution >= 4 is 29.8 Å². The highest BCUT2D eigenvalue weighted by molar-refractivity contribution is 8.11. The number of rotatable bonds is 5. The maximum atomic E-state index is 10.5. The molecule has 0 aliphatic heterocycles. The largest absolute Gasteiger partial charge is 0.269 e. The maximum Gasteiger partial charge on any atom is 0.269 e. The van der Waals surface area contributed by atoms with Crippen LogP contribution in [0.1, 0.15) is 20.8 Å². The average molecular weight is 273 g/mol. The fourth-order valence-corrected chi connectivity index (χ4v) is 2.18. The van der Waals surface area contributed by atoms with Gasteiger partial charge >= 0.3 is 0 Å². The Morgan fingerprint density at radius 1 is 1.24 bits per heavy atom. The SMILES string of the molecule is CC(C)(C)NSNSc1ccc([N+](=O)[O-])cc1. The second kappa shape index (κ2) is 6.25. The van der Waals surface area contributed by atoms with Crippen LogP contribution in [0.3, 0.4) is 0 Å². The molecule has 1 rings (SSSR count). The van der Waals surface area contributed by atoms with Gasteiger partial charge in [-0.2, -0.15) is 4.13 Å². The molecule has 0 aliphatic carbocycles. The van der Waals surface area contributed by atoms with Gasteiger partial charge in [-0.05, 0) is 44.9 Å².